The van der Waals surface area contributed by atoms with Crippen molar-refractivity contribution in [2.75, 3.05) is 6.54 Å². The molecule has 0 unspecified atom stereocenters. The van der Waals surface area contributed by atoms with Crippen molar-refractivity contribution in [1.82, 2.24) is 9.88 Å². The molecule has 0 atom stereocenters. The van der Waals surface area contributed by atoms with Crippen LogP contribution in [0.15, 0.2) is 24.3 Å². The minimum atomic E-state index is 0.155. The Morgan fingerprint density at radius 2 is 2.00 bits per heavy atom. The number of phenolic OH excluding ortho intramolecular Hbond substituents is 1. The number of fused-ring (bicyclic) bond motifs is 5. The smallest absolute Gasteiger partial charge is 0.231 e. The highest BCUT2D eigenvalue weighted by atomic mass is 16.3. The van der Waals surface area contributed by atoms with Gasteiger partial charge in [0.15, 0.2) is 0 Å². The lowest BCUT2D eigenvalue weighted by Crippen LogP contribution is -2.25. The number of benzene rings is 2. The highest BCUT2D eigenvalue weighted by Gasteiger charge is 2.27. The molecule has 4 nitrogen and oxygen atoms in total. The van der Waals surface area contributed by atoms with Crippen LogP contribution in [-0.4, -0.2) is 22.1 Å². The maximum absolute atomic E-state index is 12.5. The summed E-state index contributed by atoms with van der Waals surface area (Å²) in [7, 11) is 0. The van der Waals surface area contributed by atoms with Gasteiger partial charge in [-0.1, -0.05) is 6.07 Å². The zero-order valence-corrected chi connectivity index (χ0v) is 12.1. The molecule has 2 aliphatic heterocycles. The first-order chi connectivity index (χ1) is 10.7. The zero-order chi connectivity index (χ0) is 14.8. The summed E-state index contributed by atoms with van der Waals surface area (Å²) in [4.78, 5) is 12.5. The first-order valence-electron chi connectivity index (χ1n) is 7.79. The Kier molecular flexibility index (Phi) is 2.29. The molecule has 0 saturated heterocycles. The van der Waals surface area contributed by atoms with Crippen LogP contribution < -0.4 is 5.32 Å². The molecule has 0 bridgehead atoms. The molecule has 2 aromatic carbocycles. The van der Waals surface area contributed by atoms with Crippen LogP contribution in [-0.2, 0) is 19.4 Å². The van der Waals surface area contributed by atoms with Gasteiger partial charge in [0.1, 0.15) is 5.75 Å². The van der Waals surface area contributed by atoms with E-state index >= 15 is 0 Å². The van der Waals surface area contributed by atoms with Crippen molar-refractivity contribution < 1.29 is 9.90 Å². The van der Waals surface area contributed by atoms with Gasteiger partial charge in [-0.25, -0.2) is 0 Å². The molecular weight excluding hydrogens is 276 g/mol. The number of hydrogen-bond acceptors (Lipinski definition) is 3. The fraction of sp³-hybridized carbons (Fsp3) is 0.278. The van der Waals surface area contributed by atoms with E-state index in [9.17, 15) is 9.90 Å². The fourth-order valence-corrected chi connectivity index (χ4v) is 4.08. The number of hydrogen-bond donors (Lipinski definition) is 2. The molecule has 3 aromatic rings. The van der Waals surface area contributed by atoms with E-state index in [1.54, 1.807) is 12.1 Å². The number of rotatable bonds is 0. The van der Waals surface area contributed by atoms with Crippen LogP contribution in [0.3, 0.4) is 0 Å². The van der Waals surface area contributed by atoms with E-state index in [2.05, 4.69) is 11.4 Å². The Bertz CT molecular complexity index is 969. The molecule has 0 saturated carbocycles. The van der Waals surface area contributed by atoms with Gasteiger partial charge in [0, 0.05) is 23.7 Å². The van der Waals surface area contributed by atoms with Crippen LogP contribution in [0.1, 0.15) is 27.9 Å². The van der Waals surface area contributed by atoms with Gasteiger partial charge in [-0.05, 0) is 54.3 Å². The average molecular weight is 292 g/mol. The fourth-order valence-electron chi connectivity index (χ4n) is 4.08. The molecule has 2 N–H and O–H groups in total. The van der Waals surface area contributed by atoms with E-state index < -0.39 is 0 Å². The number of phenols is 1. The van der Waals surface area contributed by atoms with E-state index in [-0.39, 0.29) is 11.7 Å². The largest absolute Gasteiger partial charge is 0.508 e. The summed E-state index contributed by atoms with van der Waals surface area (Å²) in [6.45, 7) is 1.83. The summed E-state index contributed by atoms with van der Waals surface area (Å²) in [6, 6.07) is 7.61. The monoisotopic (exact) mass is 292 g/mol. The molecule has 0 spiro atoms. The van der Waals surface area contributed by atoms with Gasteiger partial charge < -0.3 is 10.4 Å². The zero-order valence-electron chi connectivity index (χ0n) is 12.1. The van der Waals surface area contributed by atoms with Crippen LogP contribution in [0.25, 0.3) is 21.8 Å². The highest BCUT2D eigenvalue weighted by molar-refractivity contribution is 6.17. The maximum atomic E-state index is 12.5. The van der Waals surface area contributed by atoms with Crippen molar-refractivity contribution in [1.29, 1.82) is 0 Å². The summed E-state index contributed by atoms with van der Waals surface area (Å²) >= 11 is 0. The molecule has 1 aromatic heterocycles. The second-order valence-corrected chi connectivity index (χ2v) is 6.25. The number of carbonyl (C=O) groups is 1. The van der Waals surface area contributed by atoms with Crippen LogP contribution in [0.5, 0.6) is 5.75 Å². The predicted molar refractivity (Wildman–Crippen MR) is 85.5 cm³/mol. The molecule has 0 radical (unpaired) electrons. The summed E-state index contributed by atoms with van der Waals surface area (Å²) in [6.07, 6.45) is 2.40. The van der Waals surface area contributed by atoms with Gasteiger partial charge in [0.05, 0.1) is 11.0 Å². The van der Waals surface area contributed by atoms with Gasteiger partial charge in [-0.2, -0.15) is 0 Å². The molecule has 5 rings (SSSR count). The summed E-state index contributed by atoms with van der Waals surface area (Å²) < 4.78 is 1.86. The number of aryl methyl sites for hydroxylation is 1. The molecule has 0 aliphatic carbocycles. The van der Waals surface area contributed by atoms with Crippen molar-refractivity contribution >= 4 is 27.7 Å². The Morgan fingerprint density at radius 3 is 2.91 bits per heavy atom. The highest BCUT2D eigenvalue weighted by Crippen LogP contribution is 2.40. The molecule has 4 heteroatoms. The van der Waals surface area contributed by atoms with Crippen molar-refractivity contribution in [3.8, 4) is 5.75 Å². The van der Waals surface area contributed by atoms with Crippen molar-refractivity contribution in [2.45, 2.75) is 25.8 Å². The number of nitrogens with one attached hydrogen (secondary N) is 1. The number of carbonyl (C=O) groups excluding carboxylic acids is 1. The van der Waals surface area contributed by atoms with Crippen LogP contribution >= 0.6 is 0 Å². The molecule has 2 aliphatic rings. The molecule has 22 heavy (non-hydrogen) atoms. The normalized spacial score (nSPS) is 17.2. The van der Waals surface area contributed by atoms with E-state index in [0.717, 1.165) is 47.7 Å². The molecule has 110 valence electrons. The van der Waals surface area contributed by atoms with Gasteiger partial charge in [-0.3, -0.25) is 9.36 Å². The second-order valence-electron chi connectivity index (χ2n) is 6.25. The van der Waals surface area contributed by atoms with Crippen molar-refractivity contribution in [3.63, 3.8) is 0 Å². The number of aromatic hydroxyl groups is 1. The van der Waals surface area contributed by atoms with E-state index in [0.29, 0.717) is 6.42 Å². The summed E-state index contributed by atoms with van der Waals surface area (Å²) in [5, 5.41) is 15.5. The Labute approximate surface area is 127 Å². The van der Waals surface area contributed by atoms with Crippen LogP contribution in [0.4, 0.5) is 0 Å². The third-order valence-corrected chi connectivity index (χ3v) is 5.02. The van der Waals surface area contributed by atoms with E-state index in [1.165, 1.54) is 16.7 Å². The van der Waals surface area contributed by atoms with Crippen molar-refractivity contribution in [3.05, 3.63) is 41.0 Å². The van der Waals surface area contributed by atoms with Gasteiger partial charge in [0.2, 0.25) is 5.91 Å². The van der Waals surface area contributed by atoms with Crippen molar-refractivity contribution in [2.24, 2.45) is 0 Å². The third-order valence-electron chi connectivity index (χ3n) is 5.02. The Balaban J connectivity index is 2.07. The van der Waals surface area contributed by atoms with E-state index in [1.807, 2.05) is 10.6 Å². The Hall–Kier alpha value is -2.33. The van der Waals surface area contributed by atoms with Gasteiger partial charge >= 0.3 is 0 Å². The topological polar surface area (TPSA) is 54.3 Å². The van der Waals surface area contributed by atoms with E-state index in [4.69, 9.17) is 0 Å². The average Bonchev–Trinajstić information content (AvgIpc) is 2.87. The Morgan fingerprint density at radius 1 is 1.09 bits per heavy atom. The molecule has 0 amide bonds. The number of aromatic nitrogens is 1. The maximum Gasteiger partial charge on any atom is 0.231 e. The number of nitrogens with zero attached hydrogens (tertiary/aromatic N) is 1. The minimum Gasteiger partial charge on any atom is -0.508 e. The molecule has 3 heterocycles. The lowest BCUT2D eigenvalue weighted by atomic mass is 9.91. The predicted octanol–water partition coefficient (Wildman–Crippen LogP) is 2.73. The standard InChI is InChI=1S/C18H16N2O2/c21-12-2-3-15-13(8-12)17-14-9-19-6-5-10(14)7-11-1-4-16(22)20(15)18(11)17/h2-3,7-8,19,21H,1,4-6,9H2. The molecule has 0 fully saturated rings. The lowest BCUT2D eigenvalue weighted by Gasteiger charge is -2.22. The summed E-state index contributed by atoms with van der Waals surface area (Å²) in [5.41, 5.74) is 5.91. The lowest BCUT2D eigenvalue weighted by molar-refractivity contribution is 0.0908. The first kappa shape index (κ1) is 12.2. The third kappa shape index (κ3) is 1.43. The van der Waals surface area contributed by atoms with Gasteiger partial charge in [-0.15, -0.1) is 0 Å². The minimum absolute atomic E-state index is 0.155. The quantitative estimate of drug-likeness (QED) is 0.670. The van der Waals surface area contributed by atoms with Crippen LogP contribution in [0, 0.1) is 0 Å². The first-order valence-corrected chi connectivity index (χ1v) is 7.79. The molecular formula is C18H16N2O2. The second kappa shape index (κ2) is 4.11. The SMILES string of the molecule is O=C1CCc2cc3c(c4c5cc(O)ccc5n1c24)CNCC3. The summed E-state index contributed by atoms with van der Waals surface area (Å²) in [5.74, 6) is 0.406. The van der Waals surface area contributed by atoms with Gasteiger partial charge in [0.25, 0.3) is 0 Å². The van der Waals surface area contributed by atoms with Crippen LogP contribution in [0.2, 0.25) is 0 Å².